The van der Waals surface area contributed by atoms with E-state index in [1.807, 2.05) is 19.3 Å². The van der Waals surface area contributed by atoms with Crippen LogP contribution in [-0.2, 0) is 18.4 Å². The van der Waals surface area contributed by atoms with E-state index < -0.39 is 0 Å². The molecule has 0 spiro atoms. The smallest absolute Gasteiger partial charge is 0.265 e. The number of anilines is 2. The maximum Gasteiger partial charge on any atom is 0.265 e. The summed E-state index contributed by atoms with van der Waals surface area (Å²) in [5.41, 5.74) is 7.90. The van der Waals surface area contributed by atoms with E-state index in [1.165, 1.54) is 0 Å². The van der Waals surface area contributed by atoms with Crippen LogP contribution in [0.4, 0.5) is 11.4 Å². The third kappa shape index (κ3) is 2.12. The van der Waals surface area contributed by atoms with Gasteiger partial charge in [0.05, 0.1) is 17.9 Å². The third-order valence-corrected chi connectivity index (χ3v) is 3.02. The number of fused-ring (bicyclic) bond motifs is 1. The summed E-state index contributed by atoms with van der Waals surface area (Å²) in [5, 5.41) is 4.29. The first-order valence-corrected chi connectivity index (χ1v) is 5.95. The summed E-state index contributed by atoms with van der Waals surface area (Å²) in [6.07, 6.45) is 1.85. The van der Waals surface area contributed by atoms with Crippen molar-refractivity contribution in [3.05, 3.63) is 36.2 Å². The quantitative estimate of drug-likeness (QED) is 0.813. The average Bonchev–Trinajstić information content (AvgIpc) is 2.78. The number of amides is 1. The fraction of sp³-hybridized carbons (Fsp3) is 0.231. The molecule has 1 aliphatic rings. The summed E-state index contributed by atoms with van der Waals surface area (Å²) < 4.78 is 7.11. The van der Waals surface area contributed by atoms with E-state index in [4.69, 9.17) is 10.5 Å². The molecular weight excluding hydrogens is 244 g/mol. The van der Waals surface area contributed by atoms with Crippen molar-refractivity contribution >= 4 is 17.3 Å². The SMILES string of the molecule is Cn1ccc(CN2C(=O)COc3cc(N)ccc32)n1. The van der Waals surface area contributed by atoms with Crippen LogP contribution >= 0.6 is 0 Å². The van der Waals surface area contributed by atoms with Gasteiger partial charge in [-0.3, -0.25) is 14.4 Å². The molecule has 0 atom stereocenters. The molecule has 2 aromatic rings. The van der Waals surface area contributed by atoms with Gasteiger partial charge in [-0.1, -0.05) is 0 Å². The Morgan fingerprint density at radius 1 is 1.42 bits per heavy atom. The number of rotatable bonds is 2. The van der Waals surface area contributed by atoms with Crippen LogP contribution < -0.4 is 15.4 Å². The molecule has 0 radical (unpaired) electrons. The molecule has 0 unspecified atom stereocenters. The Balaban J connectivity index is 1.94. The topological polar surface area (TPSA) is 73.4 Å². The Morgan fingerprint density at radius 2 is 2.26 bits per heavy atom. The Morgan fingerprint density at radius 3 is 3.00 bits per heavy atom. The van der Waals surface area contributed by atoms with Crippen LogP contribution in [0.15, 0.2) is 30.5 Å². The molecule has 0 saturated carbocycles. The van der Waals surface area contributed by atoms with Crippen molar-refractivity contribution in [2.75, 3.05) is 17.2 Å². The van der Waals surface area contributed by atoms with E-state index in [0.29, 0.717) is 18.0 Å². The van der Waals surface area contributed by atoms with Crippen LogP contribution in [-0.4, -0.2) is 22.3 Å². The lowest BCUT2D eigenvalue weighted by atomic mass is 10.2. The van der Waals surface area contributed by atoms with Gasteiger partial charge >= 0.3 is 0 Å². The van der Waals surface area contributed by atoms with Gasteiger partial charge < -0.3 is 10.5 Å². The first-order chi connectivity index (χ1) is 9.13. The number of ether oxygens (including phenoxy) is 1. The van der Waals surface area contributed by atoms with Gasteiger partial charge in [-0.05, 0) is 18.2 Å². The molecule has 0 aliphatic carbocycles. The molecule has 0 bridgehead atoms. The highest BCUT2D eigenvalue weighted by Gasteiger charge is 2.26. The Bertz CT molecular complexity index is 635. The van der Waals surface area contributed by atoms with E-state index in [0.717, 1.165) is 11.4 Å². The highest BCUT2D eigenvalue weighted by atomic mass is 16.5. The third-order valence-electron chi connectivity index (χ3n) is 3.02. The van der Waals surface area contributed by atoms with Gasteiger partial charge in [-0.2, -0.15) is 5.10 Å². The van der Waals surface area contributed by atoms with Gasteiger partial charge in [0.1, 0.15) is 5.75 Å². The van der Waals surface area contributed by atoms with Crippen molar-refractivity contribution < 1.29 is 9.53 Å². The highest BCUT2D eigenvalue weighted by Crippen LogP contribution is 2.34. The molecule has 1 aromatic heterocycles. The molecule has 2 N–H and O–H groups in total. The molecule has 1 amide bonds. The summed E-state index contributed by atoms with van der Waals surface area (Å²) >= 11 is 0. The number of aromatic nitrogens is 2. The number of hydrogen-bond acceptors (Lipinski definition) is 4. The Hall–Kier alpha value is -2.50. The molecule has 6 heteroatoms. The fourth-order valence-electron chi connectivity index (χ4n) is 2.10. The normalized spacial score (nSPS) is 14.2. The van der Waals surface area contributed by atoms with E-state index in [1.54, 1.807) is 27.8 Å². The summed E-state index contributed by atoms with van der Waals surface area (Å²) in [5.74, 6) is 0.554. The predicted octanol–water partition coefficient (Wildman–Crippen LogP) is 0.928. The van der Waals surface area contributed by atoms with Crippen LogP contribution in [0.2, 0.25) is 0 Å². The minimum absolute atomic E-state index is 0.0310. The Kier molecular flexibility index (Phi) is 2.63. The lowest BCUT2D eigenvalue weighted by molar-refractivity contribution is -0.121. The van der Waals surface area contributed by atoms with E-state index in [-0.39, 0.29) is 12.5 Å². The second-order valence-corrected chi connectivity index (χ2v) is 4.48. The predicted molar refractivity (Wildman–Crippen MR) is 70.7 cm³/mol. The van der Waals surface area contributed by atoms with Crippen molar-refractivity contribution in [1.82, 2.24) is 9.78 Å². The molecule has 3 rings (SSSR count). The largest absolute Gasteiger partial charge is 0.481 e. The lowest BCUT2D eigenvalue weighted by Gasteiger charge is -2.28. The molecular formula is C13H14N4O2. The number of nitrogens with zero attached hydrogens (tertiary/aromatic N) is 3. The summed E-state index contributed by atoms with van der Waals surface area (Å²) in [7, 11) is 1.85. The first-order valence-electron chi connectivity index (χ1n) is 5.95. The number of aryl methyl sites for hydroxylation is 1. The van der Waals surface area contributed by atoms with Gasteiger partial charge in [0, 0.05) is 25.0 Å². The molecule has 19 heavy (non-hydrogen) atoms. The highest BCUT2D eigenvalue weighted by molar-refractivity contribution is 5.98. The standard InChI is InChI=1S/C13H14N4O2/c1-16-5-4-10(15-16)7-17-11-3-2-9(14)6-12(11)19-8-13(17)18/h2-6H,7-8,14H2,1H3. The van der Waals surface area contributed by atoms with Crippen LogP contribution in [0, 0.1) is 0 Å². The van der Waals surface area contributed by atoms with Crippen molar-refractivity contribution in [3.63, 3.8) is 0 Å². The zero-order chi connectivity index (χ0) is 13.4. The van der Waals surface area contributed by atoms with Crippen LogP contribution in [0.3, 0.4) is 0 Å². The van der Waals surface area contributed by atoms with Crippen LogP contribution in [0.5, 0.6) is 5.75 Å². The Labute approximate surface area is 110 Å². The van der Waals surface area contributed by atoms with Crippen molar-refractivity contribution in [2.45, 2.75) is 6.54 Å². The number of nitrogen functional groups attached to an aromatic ring is 1. The second-order valence-electron chi connectivity index (χ2n) is 4.48. The molecule has 1 aromatic carbocycles. The number of carbonyl (C=O) groups is 1. The number of carbonyl (C=O) groups excluding carboxylic acids is 1. The van der Waals surface area contributed by atoms with Gasteiger partial charge in [0.15, 0.2) is 6.61 Å². The van der Waals surface area contributed by atoms with Crippen LogP contribution in [0.1, 0.15) is 5.69 Å². The van der Waals surface area contributed by atoms with E-state index in [9.17, 15) is 4.79 Å². The molecule has 2 heterocycles. The van der Waals surface area contributed by atoms with Crippen molar-refractivity contribution in [3.8, 4) is 5.75 Å². The zero-order valence-corrected chi connectivity index (χ0v) is 10.5. The minimum atomic E-state index is -0.0806. The zero-order valence-electron chi connectivity index (χ0n) is 10.5. The van der Waals surface area contributed by atoms with Crippen LogP contribution in [0.25, 0.3) is 0 Å². The van der Waals surface area contributed by atoms with Gasteiger partial charge in [-0.25, -0.2) is 0 Å². The molecule has 6 nitrogen and oxygen atoms in total. The summed E-state index contributed by atoms with van der Waals surface area (Å²) in [6.45, 7) is 0.462. The van der Waals surface area contributed by atoms with Crippen molar-refractivity contribution in [1.29, 1.82) is 0 Å². The number of nitrogens with two attached hydrogens (primary N) is 1. The molecule has 0 saturated heterocycles. The number of hydrogen-bond donors (Lipinski definition) is 1. The minimum Gasteiger partial charge on any atom is -0.481 e. The van der Waals surface area contributed by atoms with E-state index in [2.05, 4.69) is 5.10 Å². The summed E-state index contributed by atoms with van der Waals surface area (Å²) in [4.78, 5) is 13.7. The van der Waals surface area contributed by atoms with E-state index >= 15 is 0 Å². The summed E-state index contributed by atoms with van der Waals surface area (Å²) in [6, 6.07) is 7.17. The molecule has 0 fully saturated rings. The molecule has 1 aliphatic heterocycles. The monoisotopic (exact) mass is 258 g/mol. The van der Waals surface area contributed by atoms with Gasteiger partial charge in [0.25, 0.3) is 5.91 Å². The van der Waals surface area contributed by atoms with Gasteiger partial charge in [-0.15, -0.1) is 0 Å². The fourth-order valence-corrected chi connectivity index (χ4v) is 2.10. The maximum atomic E-state index is 12.0. The molecule has 98 valence electrons. The maximum absolute atomic E-state index is 12.0. The number of benzene rings is 1. The first kappa shape index (κ1) is 11.6. The van der Waals surface area contributed by atoms with Gasteiger partial charge in [0.2, 0.25) is 0 Å². The van der Waals surface area contributed by atoms with Crippen molar-refractivity contribution in [2.24, 2.45) is 7.05 Å². The second kappa shape index (κ2) is 4.31. The average molecular weight is 258 g/mol. The lowest BCUT2D eigenvalue weighted by Crippen LogP contribution is -2.38.